The number of hydrogen-bond donors (Lipinski definition) is 0. The molecule has 2 aromatic rings. The highest BCUT2D eigenvalue weighted by Crippen LogP contribution is 2.22. The van der Waals surface area contributed by atoms with Crippen molar-refractivity contribution in [1.82, 2.24) is 9.80 Å². The van der Waals surface area contributed by atoms with Crippen LogP contribution in [-0.4, -0.2) is 61.2 Å². The Bertz CT molecular complexity index is 899. The van der Waals surface area contributed by atoms with E-state index in [9.17, 15) is 14.4 Å². The summed E-state index contributed by atoms with van der Waals surface area (Å²) < 4.78 is 15.7. The van der Waals surface area contributed by atoms with Gasteiger partial charge in [-0.1, -0.05) is 0 Å². The number of piperazine rings is 1. The minimum atomic E-state index is -0.423. The molecule has 1 saturated heterocycles. The number of rotatable bonds is 4. The Labute approximate surface area is 156 Å². The van der Waals surface area contributed by atoms with E-state index in [4.69, 9.17) is 13.9 Å². The van der Waals surface area contributed by atoms with Crippen LogP contribution < -0.4 is 10.4 Å². The lowest BCUT2D eigenvalue weighted by Gasteiger charge is -2.33. The average molecular weight is 374 g/mol. The van der Waals surface area contributed by atoms with Gasteiger partial charge >= 0.3 is 11.7 Å². The summed E-state index contributed by atoms with van der Waals surface area (Å²) in [6, 6.07) is 6.57. The molecule has 1 aromatic heterocycles. The first-order chi connectivity index (χ1) is 13.0. The van der Waals surface area contributed by atoms with E-state index >= 15 is 0 Å². The lowest BCUT2D eigenvalue weighted by molar-refractivity contribution is -0.134. The van der Waals surface area contributed by atoms with E-state index < -0.39 is 5.63 Å². The Hall–Kier alpha value is -3.03. The van der Waals surface area contributed by atoms with Gasteiger partial charge < -0.3 is 23.7 Å². The van der Waals surface area contributed by atoms with Gasteiger partial charge in [0.2, 0.25) is 0 Å². The molecule has 1 aliphatic rings. The van der Waals surface area contributed by atoms with Crippen LogP contribution in [0.4, 0.5) is 4.79 Å². The number of aryl methyl sites for hydroxylation is 1. The zero-order valence-corrected chi connectivity index (χ0v) is 15.4. The van der Waals surface area contributed by atoms with Crippen LogP contribution in [0, 0.1) is 6.92 Å². The third kappa shape index (κ3) is 4.39. The second-order valence-corrected chi connectivity index (χ2v) is 6.26. The van der Waals surface area contributed by atoms with Gasteiger partial charge in [-0.2, -0.15) is 0 Å². The van der Waals surface area contributed by atoms with Crippen LogP contribution in [0.5, 0.6) is 5.75 Å². The van der Waals surface area contributed by atoms with Gasteiger partial charge in [0, 0.05) is 43.7 Å². The first-order valence-electron chi connectivity index (χ1n) is 8.84. The Morgan fingerprint density at radius 3 is 2.52 bits per heavy atom. The van der Waals surface area contributed by atoms with Gasteiger partial charge in [-0.15, -0.1) is 0 Å². The van der Waals surface area contributed by atoms with E-state index in [0.717, 1.165) is 10.9 Å². The molecule has 0 N–H and O–H groups in total. The topological polar surface area (TPSA) is 89.3 Å². The van der Waals surface area contributed by atoms with Crippen molar-refractivity contribution < 1.29 is 23.5 Å². The molecular weight excluding hydrogens is 352 g/mol. The third-order valence-corrected chi connectivity index (χ3v) is 4.44. The highest BCUT2D eigenvalue weighted by Gasteiger charge is 2.25. The molecule has 1 aliphatic heterocycles. The molecule has 0 bridgehead atoms. The van der Waals surface area contributed by atoms with Crippen molar-refractivity contribution in [1.29, 1.82) is 0 Å². The first kappa shape index (κ1) is 18.8. The third-order valence-electron chi connectivity index (χ3n) is 4.44. The number of amides is 2. The Morgan fingerprint density at radius 1 is 1.11 bits per heavy atom. The van der Waals surface area contributed by atoms with Gasteiger partial charge in [-0.05, 0) is 31.5 Å². The Morgan fingerprint density at radius 2 is 1.81 bits per heavy atom. The first-order valence-corrected chi connectivity index (χ1v) is 8.84. The van der Waals surface area contributed by atoms with Crippen LogP contribution in [-0.2, 0) is 9.53 Å². The van der Waals surface area contributed by atoms with Crippen molar-refractivity contribution >= 4 is 23.0 Å². The summed E-state index contributed by atoms with van der Waals surface area (Å²) >= 11 is 0. The molecule has 0 atom stereocenters. The highest BCUT2D eigenvalue weighted by molar-refractivity contribution is 5.82. The van der Waals surface area contributed by atoms with Crippen LogP contribution in [0.1, 0.15) is 12.5 Å². The van der Waals surface area contributed by atoms with E-state index in [1.807, 2.05) is 6.92 Å². The minimum Gasteiger partial charge on any atom is -0.484 e. The molecule has 0 unspecified atom stereocenters. The fourth-order valence-corrected chi connectivity index (χ4v) is 2.98. The molecule has 0 spiro atoms. The fraction of sp³-hybridized carbons (Fsp3) is 0.421. The maximum Gasteiger partial charge on any atom is 0.409 e. The van der Waals surface area contributed by atoms with E-state index in [-0.39, 0.29) is 18.6 Å². The monoisotopic (exact) mass is 374 g/mol. The molecule has 0 saturated carbocycles. The van der Waals surface area contributed by atoms with Crippen LogP contribution in [0.15, 0.2) is 33.5 Å². The largest absolute Gasteiger partial charge is 0.484 e. The summed E-state index contributed by atoms with van der Waals surface area (Å²) in [6.45, 7) is 5.54. The molecule has 2 amide bonds. The second-order valence-electron chi connectivity index (χ2n) is 6.26. The summed E-state index contributed by atoms with van der Waals surface area (Å²) in [4.78, 5) is 38.8. The fourth-order valence-electron chi connectivity index (χ4n) is 2.98. The van der Waals surface area contributed by atoms with Crippen molar-refractivity contribution in [2.24, 2.45) is 0 Å². The van der Waals surface area contributed by atoms with Gasteiger partial charge in [0.05, 0.1) is 6.61 Å². The number of benzene rings is 1. The number of carbonyl (C=O) groups is 2. The highest BCUT2D eigenvalue weighted by atomic mass is 16.6. The number of fused-ring (bicyclic) bond motifs is 1. The Kier molecular flexibility index (Phi) is 5.63. The van der Waals surface area contributed by atoms with E-state index in [1.165, 1.54) is 6.07 Å². The summed E-state index contributed by atoms with van der Waals surface area (Å²) in [5.74, 6) is 0.291. The maximum absolute atomic E-state index is 12.3. The van der Waals surface area contributed by atoms with Crippen molar-refractivity contribution in [3.8, 4) is 5.75 Å². The maximum atomic E-state index is 12.3. The van der Waals surface area contributed by atoms with Crippen molar-refractivity contribution in [2.75, 3.05) is 39.4 Å². The Balaban J connectivity index is 1.56. The molecule has 27 heavy (non-hydrogen) atoms. The van der Waals surface area contributed by atoms with Crippen LogP contribution in [0.25, 0.3) is 11.0 Å². The van der Waals surface area contributed by atoms with Crippen LogP contribution in [0.2, 0.25) is 0 Å². The van der Waals surface area contributed by atoms with Gasteiger partial charge in [0.1, 0.15) is 11.3 Å². The summed E-state index contributed by atoms with van der Waals surface area (Å²) in [5, 5.41) is 0.823. The molecule has 2 heterocycles. The number of nitrogens with zero attached hydrogens (tertiary/aromatic N) is 2. The SMILES string of the molecule is CCOC(=O)N1CCN(C(=O)COc2ccc3c(C)cc(=O)oc3c2)CC1. The molecule has 0 radical (unpaired) electrons. The van der Waals surface area contributed by atoms with Gasteiger partial charge in [0.25, 0.3) is 5.91 Å². The normalized spacial score (nSPS) is 14.3. The van der Waals surface area contributed by atoms with Gasteiger partial charge in [-0.3, -0.25) is 4.79 Å². The number of ether oxygens (including phenoxy) is 2. The molecule has 1 aromatic carbocycles. The molecule has 0 aliphatic carbocycles. The van der Waals surface area contributed by atoms with Crippen LogP contribution >= 0.6 is 0 Å². The zero-order chi connectivity index (χ0) is 19.4. The van der Waals surface area contributed by atoms with Crippen molar-refractivity contribution in [2.45, 2.75) is 13.8 Å². The van der Waals surface area contributed by atoms with Gasteiger partial charge in [0.15, 0.2) is 6.61 Å². The number of carbonyl (C=O) groups excluding carboxylic acids is 2. The molecule has 8 heteroatoms. The lowest BCUT2D eigenvalue weighted by atomic mass is 10.1. The molecule has 144 valence electrons. The lowest BCUT2D eigenvalue weighted by Crippen LogP contribution is -2.51. The smallest absolute Gasteiger partial charge is 0.409 e. The molecule has 8 nitrogen and oxygen atoms in total. The zero-order valence-electron chi connectivity index (χ0n) is 15.4. The summed E-state index contributed by atoms with van der Waals surface area (Å²) in [7, 11) is 0. The van der Waals surface area contributed by atoms with E-state index in [0.29, 0.717) is 44.1 Å². The molecule has 3 rings (SSSR count). The molecular formula is C19H22N2O6. The predicted molar refractivity (Wildman–Crippen MR) is 97.9 cm³/mol. The summed E-state index contributed by atoms with van der Waals surface area (Å²) in [6.07, 6.45) is -0.353. The quantitative estimate of drug-likeness (QED) is 0.758. The predicted octanol–water partition coefficient (Wildman–Crippen LogP) is 1.78. The number of hydrogen-bond acceptors (Lipinski definition) is 6. The van der Waals surface area contributed by atoms with Crippen LogP contribution in [0.3, 0.4) is 0 Å². The standard InChI is InChI=1S/C19H22N2O6/c1-3-25-19(24)21-8-6-20(7-9-21)17(22)12-26-14-4-5-15-13(2)10-18(23)27-16(15)11-14/h4-5,10-11H,3,6-9,12H2,1-2H3. The van der Waals surface area contributed by atoms with Gasteiger partial charge in [-0.25, -0.2) is 9.59 Å². The average Bonchev–Trinajstić information content (AvgIpc) is 2.66. The summed E-state index contributed by atoms with van der Waals surface area (Å²) in [5.41, 5.74) is 0.823. The van der Waals surface area contributed by atoms with E-state index in [2.05, 4.69) is 0 Å². The van der Waals surface area contributed by atoms with Crippen molar-refractivity contribution in [3.63, 3.8) is 0 Å². The van der Waals surface area contributed by atoms with E-state index in [1.54, 1.807) is 34.9 Å². The van der Waals surface area contributed by atoms with Crippen molar-refractivity contribution in [3.05, 3.63) is 40.2 Å². The minimum absolute atomic E-state index is 0.124. The molecule has 1 fully saturated rings. The second kappa shape index (κ2) is 8.11.